The number of nitrogens with zero attached hydrogens (tertiary/aromatic N) is 1. The molecule has 1 aliphatic carbocycles. The molecule has 0 radical (unpaired) electrons. The first-order valence-electron chi connectivity index (χ1n) is 7.49. The van der Waals surface area contributed by atoms with Crippen molar-refractivity contribution in [1.29, 1.82) is 0 Å². The minimum atomic E-state index is 0.0386. The van der Waals surface area contributed by atoms with Crippen LogP contribution in [0.2, 0.25) is 0 Å². The predicted molar refractivity (Wildman–Crippen MR) is 80.9 cm³/mol. The van der Waals surface area contributed by atoms with Crippen LogP contribution in [0.25, 0.3) is 0 Å². The van der Waals surface area contributed by atoms with Crippen molar-refractivity contribution in [2.75, 3.05) is 33.9 Å². The van der Waals surface area contributed by atoms with E-state index in [1.807, 2.05) is 0 Å². The molecule has 1 fully saturated rings. The quantitative estimate of drug-likeness (QED) is 0.364. The molecular formula is C14H28N4O2. The van der Waals surface area contributed by atoms with E-state index in [1.165, 1.54) is 19.3 Å². The third kappa shape index (κ3) is 7.33. The van der Waals surface area contributed by atoms with E-state index in [4.69, 9.17) is 4.74 Å². The van der Waals surface area contributed by atoms with E-state index >= 15 is 0 Å². The summed E-state index contributed by atoms with van der Waals surface area (Å²) in [5.41, 5.74) is 0. The van der Waals surface area contributed by atoms with Crippen molar-refractivity contribution in [3.63, 3.8) is 0 Å². The van der Waals surface area contributed by atoms with E-state index < -0.39 is 0 Å². The largest absolute Gasteiger partial charge is 0.385 e. The van der Waals surface area contributed by atoms with E-state index in [2.05, 4.69) is 20.9 Å². The lowest BCUT2D eigenvalue weighted by atomic mass is 9.95. The number of ether oxygens (including phenoxy) is 1. The second-order valence-corrected chi connectivity index (χ2v) is 5.10. The average molecular weight is 284 g/mol. The fourth-order valence-corrected chi connectivity index (χ4v) is 2.33. The number of hydrogen-bond acceptors (Lipinski definition) is 3. The van der Waals surface area contributed by atoms with Gasteiger partial charge >= 0.3 is 0 Å². The van der Waals surface area contributed by atoms with Gasteiger partial charge in [0.15, 0.2) is 5.96 Å². The Bertz CT molecular complexity index is 302. The van der Waals surface area contributed by atoms with Gasteiger partial charge in [-0.25, -0.2) is 0 Å². The van der Waals surface area contributed by atoms with Crippen LogP contribution in [0, 0.1) is 0 Å². The van der Waals surface area contributed by atoms with Gasteiger partial charge in [-0.05, 0) is 19.3 Å². The first-order valence-corrected chi connectivity index (χ1v) is 7.49. The second kappa shape index (κ2) is 10.5. The zero-order valence-electron chi connectivity index (χ0n) is 12.7. The highest BCUT2D eigenvalue weighted by atomic mass is 16.5. The summed E-state index contributed by atoms with van der Waals surface area (Å²) in [4.78, 5) is 15.9. The molecule has 0 spiro atoms. The van der Waals surface area contributed by atoms with Gasteiger partial charge in [-0.2, -0.15) is 0 Å². The van der Waals surface area contributed by atoms with Crippen LogP contribution in [0.5, 0.6) is 0 Å². The highest BCUT2D eigenvalue weighted by Crippen LogP contribution is 2.16. The Morgan fingerprint density at radius 3 is 2.65 bits per heavy atom. The standard InChI is InChI=1S/C14H28N4O2/c1-15-14(16-9-6-10-20-2)17-11-13(19)18-12-7-4-3-5-8-12/h12H,3-11H2,1-2H3,(H,18,19)(H2,15,16,17). The number of aliphatic imine (C=N–C) groups is 1. The fourth-order valence-electron chi connectivity index (χ4n) is 2.33. The lowest BCUT2D eigenvalue weighted by Gasteiger charge is -2.23. The number of nitrogens with one attached hydrogen (secondary N) is 3. The molecule has 0 heterocycles. The van der Waals surface area contributed by atoms with Gasteiger partial charge in [-0.15, -0.1) is 0 Å². The molecule has 1 saturated carbocycles. The second-order valence-electron chi connectivity index (χ2n) is 5.10. The van der Waals surface area contributed by atoms with Gasteiger partial charge in [0.1, 0.15) is 0 Å². The molecule has 0 saturated heterocycles. The molecule has 0 aliphatic heterocycles. The third-order valence-electron chi connectivity index (χ3n) is 3.43. The van der Waals surface area contributed by atoms with Crippen LogP contribution in [0.15, 0.2) is 4.99 Å². The maximum atomic E-state index is 11.8. The number of guanidine groups is 1. The Kier molecular flexibility index (Phi) is 8.78. The van der Waals surface area contributed by atoms with E-state index in [1.54, 1.807) is 14.2 Å². The summed E-state index contributed by atoms with van der Waals surface area (Å²) in [5, 5.41) is 9.23. The number of carbonyl (C=O) groups is 1. The molecule has 6 heteroatoms. The Labute approximate surface area is 121 Å². The van der Waals surface area contributed by atoms with Crippen LogP contribution < -0.4 is 16.0 Å². The van der Waals surface area contributed by atoms with E-state index in [0.717, 1.165) is 25.8 Å². The van der Waals surface area contributed by atoms with Crippen molar-refractivity contribution >= 4 is 11.9 Å². The summed E-state index contributed by atoms with van der Waals surface area (Å²) < 4.78 is 4.98. The molecule has 1 rings (SSSR count). The molecule has 0 unspecified atom stereocenters. The Balaban J connectivity index is 2.14. The van der Waals surface area contributed by atoms with Crippen molar-refractivity contribution in [3.05, 3.63) is 0 Å². The molecule has 0 aromatic heterocycles. The predicted octanol–water partition coefficient (Wildman–Crippen LogP) is 0.637. The molecule has 0 aromatic carbocycles. The summed E-state index contributed by atoms with van der Waals surface area (Å²) >= 11 is 0. The lowest BCUT2D eigenvalue weighted by Crippen LogP contribution is -2.46. The van der Waals surface area contributed by atoms with Crippen LogP contribution in [-0.4, -0.2) is 51.8 Å². The number of rotatable bonds is 7. The van der Waals surface area contributed by atoms with E-state index in [-0.39, 0.29) is 12.5 Å². The summed E-state index contributed by atoms with van der Waals surface area (Å²) in [5.74, 6) is 0.691. The highest BCUT2D eigenvalue weighted by Gasteiger charge is 2.15. The van der Waals surface area contributed by atoms with E-state index in [9.17, 15) is 4.79 Å². The van der Waals surface area contributed by atoms with Gasteiger partial charge < -0.3 is 20.7 Å². The van der Waals surface area contributed by atoms with Gasteiger partial charge in [-0.1, -0.05) is 19.3 Å². The molecule has 6 nitrogen and oxygen atoms in total. The summed E-state index contributed by atoms with van der Waals surface area (Å²) in [7, 11) is 3.38. The molecule has 1 aliphatic rings. The zero-order chi connectivity index (χ0) is 14.6. The van der Waals surface area contributed by atoms with Gasteiger partial charge in [-0.3, -0.25) is 9.79 Å². The third-order valence-corrected chi connectivity index (χ3v) is 3.43. The van der Waals surface area contributed by atoms with Crippen molar-refractivity contribution in [1.82, 2.24) is 16.0 Å². The maximum absolute atomic E-state index is 11.8. The molecule has 1 amide bonds. The summed E-state index contributed by atoms with van der Waals surface area (Å²) in [6.45, 7) is 1.75. The number of carbonyl (C=O) groups excluding carboxylic acids is 1. The maximum Gasteiger partial charge on any atom is 0.239 e. The minimum absolute atomic E-state index is 0.0386. The molecule has 116 valence electrons. The van der Waals surface area contributed by atoms with Gasteiger partial charge in [0.05, 0.1) is 6.54 Å². The first kappa shape index (κ1) is 16.8. The van der Waals surface area contributed by atoms with Crippen LogP contribution >= 0.6 is 0 Å². The summed E-state index contributed by atoms with van der Waals surface area (Å²) in [6, 6.07) is 0.356. The van der Waals surface area contributed by atoms with Crippen molar-refractivity contribution < 1.29 is 9.53 Å². The van der Waals surface area contributed by atoms with Crippen LogP contribution in [-0.2, 0) is 9.53 Å². The Hall–Kier alpha value is -1.30. The monoisotopic (exact) mass is 284 g/mol. The topological polar surface area (TPSA) is 74.8 Å². The average Bonchev–Trinajstić information content (AvgIpc) is 2.47. The number of methoxy groups -OCH3 is 1. The van der Waals surface area contributed by atoms with Gasteiger partial charge in [0, 0.05) is 33.4 Å². The van der Waals surface area contributed by atoms with Crippen molar-refractivity contribution in [2.24, 2.45) is 4.99 Å². The molecule has 0 atom stereocenters. The van der Waals surface area contributed by atoms with Crippen molar-refractivity contribution in [2.45, 2.75) is 44.6 Å². The van der Waals surface area contributed by atoms with Crippen LogP contribution in [0.3, 0.4) is 0 Å². The Morgan fingerprint density at radius 2 is 2.00 bits per heavy atom. The van der Waals surface area contributed by atoms with Gasteiger partial charge in [0.2, 0.25) is 5.91 Å². The van der Waals surface area contributed by atoms with E-state index in [0.29, 0.717) is 18.6 Å². The minimum Gasteiger partial charge on any atom is -0.385 e. The Morgan fingerprint density at radius 1 is 1.25 bits per heavy atom. The smallest absolute Gasteiger partial charge is 0.239 e. The van der Waals surface area contributed by atoms with Crippen LogP contribution in [0.1, 0.15) is 38.5 Å². The highest BCUT2D eigenvalue weighted by molar-refractivity contribution is 5.86. The lowest BCUT2D eigenvalue weighted by molar-refractivity contribution is -0.120. The van der Waals surface area contributed by atoms with Crippen molar-refractivity contribution in [3.8, 4) is 0 Å². The first-order chi connectivity index (χ1) is 9.76. The molecule has 20 heavy (non-hydrogen) atoms. The SMILES string of the molecule is CN=C(NCCCOC)NCC(=O)NC1CCCCC1. The number of amides is 1. The number of hydrogen-bond donors (Lipinski definition) is 3. The zero-order valence-corrected chi connectivity index (χ0v) is 12.7. The molecule has 3 N–H and O–H groups in total. The molecule has 0 bridgehead atoms. The molecular weight excluding hydrogens is 256 g/mol. The summed E-state index contributed by atoms with van der Waals surface area (Å²) in [6.07, 6.45) is 6.86. The normalized spacial score (nSPS) is 16.8. The van der Waals surface area contributed by atoms with Crippen LogP contribution in [0.4, 0.5) is 0 Å². The molecule has 0 aromatic rings. The van der Waals surface area contributed by atoms with Gasteiger partial charge in [0.25, 0.3) is 0 Å². The fraction of sp³-hybridized carbons (Fsp3) is 0.857.